The highest BCUT2D eigenvalue weighted by Gasteiger charge is 2.33. The van der Waals surface area contributed by atoms with E-state index >= 15 is 0 Å². The van der Waals surface area contributed by atoms with Gasteiger partial charge in [-0.25, -0.2) is 14.2 Å². The molecular formula is C30H35FN4O4. The standard InChI is InChI=1S/C30H35FN4O4/c1-17-5-11-23-26(34(17)30(38)39-4)13-14-27-29(23)33-28(35(27)22-9-7-21(8-10-22)18(2)36)16-20-6-12-25(24(31)15-20)32-19(3)37/h6,12-15,17,21-22H,5,7-11,16H2,1-4H3,(H,32,37)/t17-,21?,22?/m0/s1. The number of hydrogen-bond acceptors (Lipinski definition) is 5. The number of Topliss-reactive ketones (excluding diaryl/α,β-unsaturated/α-hetero) is 1. The number of halogens is 1. The molecule has 0 unspecified atom stereocenters. The number of anilines is 2. The molecule has 8 nitrogen and oxygen atoms in total. The Morgan fingerprint density at radius 2 is 1.82 bits per heavy atom. The highest BCUT2D eigenvalue weighted by atomic mass is 19.1. The molecule has 39 heavy (non-hydrogen) atoms. The maximum atomic E-state index is 14.8. The van der Waals surface area contributed by atoms with Crippen LogP contribution < -0.4 is 10.2 Å². The van der Waals surface area contributed by atoms with Crippen LogP contribution in [0.1, 0.15) is 75.9 Å². The summed E-state index contributed by atoms with van der Waals surface area (Å²) < 4.78 is 22.1. The number of aryl methyl sites for hydroxylation is 1. The van der Waals surface area contributed by atoms with Crippen LogP contribution in [0, 0.1) is 11.7 Å². The maximum absolute atomic E-state index is 14.8. The third-order valence-corrected chi connectivity index (χ3v) is 8.24. The summed E-state index contributed by atoms with van der Waals surface area (Å²) in [5.74, 6) is 0.333. The van der Waals surface area contributed by atoms with Crippen molar-refractivity contribution in [2.45, 2.75) is 77.8 Å². The van der Waals surface area contributed by atoms with Crippen molar-refractivity contribution in [2.75, 3.05) is 17.3 Å². The fraction of sp³-hybridized carbons (Fsp3) is 0.467. The van der Waals surface area contributed by atoms with Gasteiger partial charge in [0.05, 0.1) is 29.5 Å². The van der Waals surface area contributed by atoms with Gasteiger partial charge in [-0.3, -0.25) is 14.5 Å². The van der Waals surface area contributed by atoms with Crippen molar-refractivity contribution < 1.29 is 23.5 Å². The molecule has 2 amide bonds. The number of aromatic nitrogens is 2. The number of imidazole rings is 1. The fourth-order valence-electron chi connectivity index (χ4n) is 6.24. The Kier molecular flexibility index (Phi) is 7.42. The number of carbonyl (C=O) groups is 3. The van der Waals surface area contributed by atoms with Gasteiger partial charge >= 0.3 is 6.09 Å². The first-order valence-corrected chi connectivity index (χ1v) is 13.6. The van der Waals surface area contributed by atoms with E-state index in [1.165, 1.54) is 20.1 Å². The number of hydrogen-bond donors (Lipinski definition) is 1. The van der Waals surface area contributed by atoms with Crippen molar-refractivity contribution in [3.8, 4) is 0 Å². The predicted molar refractivity (Wildman–Crippen MR) is 148 cm³/mol. The summed E-state index contributed by atoms with van der Waals surface area (Å²) in [7, 11) is 1.39. The highest BCUT2D eigenvalue weighted by molar-refractivity contribution is 5.95. The Balaban J connectivity index is 1.59. The minimum atomic E-state index is -0.493. The van der Waals surface area contributed by atoms with Crippen molar-refractivity contribution in [1.29, 1.82) is 0 Å². The minimum Gasteiger partial charge on any atom is -0.452 e. The van der Waals surface area contributed by atoms with Crippen molar-refractivity contribution in [3.63, 3.8) is 0 Å². The Labute approximate surface area is 227 Å². The molecule has 9 heteroatoms. The molecule has 0 saturated heterocycles. The zero-order chi connectivity index (χ0) is 27.8. The van der Waals surface area contributed by atoms with Gasteiger partial charge in [0.1, 0.15) is 17.4 Å². The summed E-state index contributed by atoms with van der Waals surface area (Å²) in [6.07, 6.45) is 4.99. The van der Waals surface area contributed by atoms with Gasteiger partial charge in [0, 0.05) is 36.9 Å². The number of methoxy groups -OCH3 is 1. The first-order chi connectivity index (χ1) is 18.7. The average molecular weight is 535 g/mol. The van der Waals surface area contributed by atoms with E-state index in [9.17, 15) is 18.8 Å². The molecule has 2 aromatic carbocycles. The number of ketones is 1. The number of nitrogens with zero attached hydrogens (tertiary/aromatic N) is 3. The predicted octanol–water partition coefficient (Wildman–Crippen LogP) is 5.95. The van der Waals surface area contributed by atoms with Gasteiger partial charge in [0.15, 0.2) is 0 Å². The SMILES string of the molecule is COC(=O)N1c2ccc3c(nc(Cc4ccc(NC(C)=O)c(F)c4)n3C3CCC(C(C)=O)CC3)c2CC[C@@H]1C. The van der Waals surface area contributed by atoms with Gasteiger partial charge in [-0.15, -0.1) is 0 Å². The number of ether oxygens (including phenoxy) is 1. The molecule has 2 aliphatic rings. The van der Waals surface area contributed by atoms with Gasteiger partial charge in [0.2, 0.25) is 5.91 Å². The molecule has 2 heterocycles. The monoisotopic (exact) mass is 534 g/mol. The van der Waals surface area contributed by atoms with E-state index in [-0.39, 0.29) is 41.5 Å². The molecule has 1 saturated carbocycles. The summed E-state index contributed by atoms with van der Waals surface area (Å²) >= 11 is 0. The van der Waals surface area contributed by atoms with E-state index in [4.69, 9.17) is 9.72 Å². The summed E-state index contributed by atoms with van der Waals surface area (Å²) in [6.45, 7) is 5.03. The van der Waals surface area contributed by atoms with Gasteiger partial charge in [-0.1, -0.05) is 6.07 Å². The molecule has 0 spiro atoms. The van der Waals surface area contributed by atoms with E-state index in [0.717, 1.165) is 72.2 Å². The van der Waals surface area contributed by atoms with Crippen LogP contribution in [-0.4, -0.2) is 40.5 Å². The minimum absolute atomic E-state index is 0.0101. The van der Waals surface area contributed by atoms with Crippen LogP contribution in [0.5, 0.6) is 0 Å². The summed E-state index contributed by atoms with van der Waals surface area (Å²) in [5.41, 5.74) is 4.57. The lowest BCUT2D eigenvalue weighted by Crippen LogP contribution is -2.42. The molecular weight excluding hydrogens is 499 g/mol. The zero-order valence-corrected chi connectivity index (χ0v) is 22.9. The normalized spacial score (nSPS) is 20.9. The number of fused-ring (bicyclic) bond motifs is 3. The molecule has 5 rings (SSSR count). The second-order valence-corrected chi connectivity index (χ2v) is 10.8. The van der Waals surface area contributed by atoms with Crippen molar-refractivity contribution in [3.05, 3.63) is 53.1 Å². The van der Waals surface area contributed by atoms with Crippen LogP contribution in [0.25, 0.3) is 11.0 Å². The third kappa shape index (κ3) is 5.14. The molecule has 1 aliphatic carbocycles. The molecule has 1 fully saturated rings. The van der Waals surface area contributed by atoms with Crippen LogP contribution in [-0.2, 0) is 27.2 Å². The van der Waals surface area contributed by atoms with Crippen LogP contribution >= 0.6 is 0 Å². The summed E-state index contributed by atoms with van der Waals surface area (Å²) in [4.78, 5) is 42.9. The summed E-state index contributed by atoms with van der Waals surface area (Å²) in [5, 5.41) is 2.51. The van der Waals surface area contributed by atoms with Crippen molar-refractivity contribution >= 4 is 40.2 Å². The molecule has 1 N–H and O–H groups in total. The number of nitrogens with one attached hydrogen (secondary N) is 1. The van der Waals surface area contributed by atoms with Gasteiger partial charge in [-0.2, -0.15) is 0 Å². The van der Waals surface area contributed by atoms with Crippen LogP contribution in [0.2, 0.25) is 0 Å². The second kappa shape index (κ2) is 10.8. The number of carbonyl (C=O) groups excluding carboxylic acids is 3. The first-order valence-electron chi connectivity index (χ1n) is 13.6. The number of benzene rings is 2. The lowest BCUT2D eigenvalue weighted by molar-refractivity contribution is -0.121. The molecule has 1 aliphatic heterocycles. The van der Waals surface area contributed by atoms with E-state index < -0.39 is 5.82 Å². The van der Waals surface area contributed by atoms with Gasteiger partial charge in [-0.05, 0) is 82.2 Å². The summed E-state index contributed by atoms with van der Waals surface area (Å²) in [6, 6.07) is 9.01. The highest BCUT2D eigenvalue weighted by Crippen LogP contribution is 2.41. The second-order valence-electron chi connectivity index (χ2n) is 10.8. The lowest BCUT2D eigenvalue weighted by Gasteiger charge is -2.34. The first kappa shape index (κ1) is 26.8. The number of amides is 2. The van der Waals surface area contributed by atoms with E-state index in [2.05, 4.69) is 9.88 Å². The van der Waals surface area contributed by atoms with E-state index in [1.807, 2.05) is 19.1 Å². The Bertz CT molecular complexity index is 1440. The van der Waals surface area contributed by atoms with E-state index in [0.29, 0.717) is 6.42 Å². The number of rotatable bonds is 5. The molecule has 1 atom stereocenters. The zero-order valence-electron chi connectivity index (χ0n) is 22.9. The Morgan fingerprint density at radius 1 is 1.08 bits per heavy atom. The van der Waals surface area contributed by atoms with Crippen molar-refractivity contribution in [2.24, 2.45) is 5.92 Å². The topological polar surface area (TPSA) is 93.5 Å². The molecule has 3 aromatic rings. The van der Waals surface area contributed by atoms with Crippen LogP contribution in [0.15, 0.2) is 30.3 Å². The van der Waals surface area contributed by atoms with Crippen LogP contribution in [0.3, 0.4) is 0 Å². The van der Waals surface area contributed by atoms with Crippen LogP contribution in [0.4, 0.5) is 20.6 Å². The lowest BCUT2D eigenvalue weighted by atomic mass is 9.83. The molecule has 0 radical (unpaired) electrons. The molecule has 1 aromatic heterocycles. The fourth-order valence-corrected chi connectivity index (χ4v) is 6.24. The molecule has 0 bridgehead atoms. The Morgan fingerprint density at radius 3 is 2.46 bits per heavy atom. The Hall–Kier alpha value is -3.75. The smallest absolute Gasteiger partial charge is 0.414 e. The third-order valence-electron chi connectivity index (χ3n) is 8.24. The quantitative estimate of drug-likeness (QED) is 0.436. The average Bonchev–Trinajstić information content (AvgIpc) is 3.27. The van der Waals surface area contributed by atoms with Crippen molar-refractivity contribution in [1.82, 2.24) is 9.55 Å². The maximum Gasteiger partial charge on any atom is 0.414 e. The van der Waals surface area contributed by atoms with Gasteiger partial charge < -0.3 is 14.6 Å². The molecule has 206 valence electrons. The van der Waals surface area contributed by atoms with Gasteiger partial charge in [0.25, 0.3) is 0 Å². The largest absolute Gasteiger partial charge is 0.452 e. The van der Waals surface area contributed by atoms with E-state index in [1.54, 1.807) is 24.0 Å².